The van der Waals surface area contributed by atoms with Gasteiger partial charge < -0.3 is 4.74 Å². The number of barbiturate groups is 1. The van der Waals surface area contributed by atoms with E-state index in [1.54, 1.807) is 48.2 Å². The van der Waals surface area contributed by atoms with Gasteiger partial charge in [-0.3, -0.25) is 14.9 Å². The van der Waals surface area contributed by atoms with Crippen molar-refractivity contribution in [2.75, 3.05) is 12.0 Å². The van der Waals surface area contributed by atoms with Crippen molar-refractivity contribution >= 4 is 53.0 Å². The van der Waals surface area contributed by atoms with E-state index in [0.29, 0.717) is 22.0 Å². The van der Waals surface area contributed by atoms with Crippen molar-refractivity contribution in [3.05, 3.63) is 89.0 Å². The van der Waals surface area contributed by atoms with E-state index in [4.69, 9.17) is 16.3 Å². The third kappa shape index (κ3) is 4.69. The first-order chi connectivity index (χ1) is 15.4. The highest BCUT2D eigenvalue weighted by Crippen LogP contribution is 2.29. The molecule has 0 radical (unpaired) electrons. The van der Waals surface area contributed by atoms with Crippen LogP contribution in [0.25, 0.3) is 6.08 Å². The first-order valence-electron chi connectivity index (χ1n) is 9.53. The van der Waals surface area contributed by atoms with Gasteiger partial charge in [0.2, 0.25) is 0 Å². The van der Waals surface area contributed by atoms with Crippen molar-refractivity contribution in [3.63, 3.8) is 0 Å². The summed E-state index contributed by atoms with van der Waals surface area (Å²) in [6.07, 6.45) is 1.47. The monoisotopic (exact) mass is 464 g/mol. The molecule has 8 heteroatoms. The molecule has 32 heavy (non-hydrogen) atoms. The number of nitrogens with zero attached hydrogens (tertiary/aromatic N) is 1. The summed E-state index contributed by atoms with van der Waals surface area (Å²) in [6.45, 7) is 0. The molecule has 1 fully saturated rings. The van der Waals surface area contributed by atoms with Crippen LogP contribution in [0.5, 0.6) is 5.75 Å². The Morgan fingerprint density at radius 1 is 0.875 bits per heavy atom. The molecule has 160 valence electrons. The number of imide groups is 2. The normalized spacial score (nSPS) is 15.1. The summed E-state index contributed by atoms with van der Waals surface area (Å²) < 4.78 is 5.10. The van der Waals surface area contributed by atoms with E-state index >= 15 is 0 Å². The number of amides is 4. The zero-order chi connectivity index (χ0) is 22.7. The van der Waals surface area contributed by atoms with Gasteiger partial charge in [0.1, 0.15) is 11.3 Å². The summed E-state index contributed by atoms with van der Waals surface area (Å²) in [5, 5.41) is 2.89. The molecule has 1 N–H and O–H groups in total. The molecule has 0 spiro atoms. The van der Waals surface area contributed by atoms with Crippen LogP contribution in [0.1, 0.15) is 5.56 Å². The zero-order valence-corrected chi connectivity index (χ0v) is 18.4. The fourth-order valence-corrected chi connectivity index (χ4v) is 4.00. The van der Waals surface area contributed by atoms with Gasteiger partial charge in [0.25, 0.3) is 11.8 Å². The maximum Gasteiger partial charge on any atom is 0.335 e. The summed E-state index contributed by atoms with van der Waals surface area (Å²) in [6, 6.07) is 20.5. The number of carbonyl (C=O) groups excluding carboxylic acids is 3. The smallest absolute Gasteiger partial charge is 0.335 e. The molecule has 4 amide bonds. The molecule has 1 saturated heterocycles. The highest BCUT2D eigenvalue weighted by atomic mass is 35.5. The van der Waals surface area contributed by atoms with Crippen molar-refractivity contribution in [3.8, 4) is 5.75 Å². The van der Waals surface area contributed by atoms with Gasteiger partial charge in [-0.05, 0) is 72.3 Å². The molecule has 3 aromatic carbocycles. The molecular weight excluding hydrogens is 448 g/mol. The molecule has 0 aliphatic carbocycles. The number of methoxy groups -OCH3 is 1. The molecule has 0 bridgehead atoms. The standard InChI is InChI=1S/C24H17ClN2O4S/c1-31-18-8-6-17(7-9-18)27-23(29)21(22(28)26-24(27)30)14-15-2-10-19(11-3-15)32-20-12-4-16(25)5-13-20/h2-14H,1H3,(H,26,28,30)/b21-14-. The fourth-order valence-electron chi connectivity index (χ4n) is 3.06. The van der Waals surface area contributed by atoms with Crippen molar-refractivity contribution in [1.82, 2.24) is 5.32 Å². The highest BCUT2D eigenvalue weighted by Gasteiger charge is 2.36. The Labute approximate surface area is 193 Å². The van der Waals surface area contributed by atoms with Crippen LogP contribution in [0.3, 0.4) is 0 Å². The largest absolute Gasteiger partial charge is 0.497 e. The third-order valence-corrected chi connectivity index (χ3v) is 5.94. The number of carbonyl (C=O) groups is 3. The van der Waals surface area contributed by atoms with Crippen LogP contribution in [0.2, 0.25) is 5.02 Å². The van der Waals surface area contributed by atoms with Crippen LogP contribution in [-0.2, 0) is 9.59 Å². The number of benzene rings is 3. The van der Waals surface area contributed by atoms with Crippen LogP contribution < -0.4 is 15.0 Å². The Morgan fingerprint density at radius 3 is 2.06 bits per heavy atom. The van der Waals surface area contributed by atoms with Crippen molar-refractivity contribution in [2.45, 2.75) is 9.79 Å². The second-order valence-corrected chi connectivity index (χ2v) is 8.36. The van der Waals surface area contributed by atoms with Crippen LogP contribution >= 0.6 is 23.4 Å². The Balaban J connectivity index is 1.56. The van der Waals surface area contributed by atoms with E-state index in [-0.39, 0.29) is 5.57 Å². The molecule has 0 unspecified atom stereocenters. The van der Waals surface area contributed by atoms with E-state index in [0.717, 1.165) is 14.7 Å². The molecule has 3 aromatic rings. The molecule has 0 saturated carbocycles. The van der Waals surface area contributed by atoms with Gasteiger partial charge in [-0.1, -0.05) is 35.5 Å². The Morgan fingerprint density at radius 2 is 1.47 bits per heavy atom. The number of halogens is 1. The summed E-state index contributed by atoms with van der Waals surface area (Å²) in [4.78, 5) is 40.6. The minimum absolute atomic E-state index is 0.126. The second kappa shape index (κ2) is 9.30. The Bertz CT molecular complexity index is 1210. The zero-order valence-electron chi connectivity index (χ0n) is 16.9. The minimum atomic E-state index is -0.794. The minimum Gasteiger partial charge on any atom is -0.497 e. The number of ether oxygens (including phenoxy) is 1. The van der Waals surface area contributed by atoms with E-state index in [1.807, 2.05) is 36.4 Å². The predicted molar refractivity (Wildman–Crippen MR) is 124 cm³/mol. The Hall–Kier alpha value is -3.55. The van der Waals surface area contributed by atoms with Crippen LogP contribution in [0.15, 0.2) is 88.2 Å². The average Bonchev–Trinajstić information content (AvgIpc) is 2.79. The lowest BCUT2D eigenvalue weighted by atomic mass is 10.1. The summed E-state index contributed by atoms with van der Waals surface area (Å²) in [5.41, 5.74) is 0.868. The van der Waals surface area contributed by atoms with E-state index in [2.05, 4.69) is 5.32 Å². The number of nitrogens with one attached hydrogen (secondary N) is 1. The first-order valence-corrected chi connectivity index (χ1v) is 10.7. The van der Waals surface area contributed by atoms with Gasteiger partial charge in [-0.2, -0.15) is 0 Å². The van der Waals surface area contributed by atoms with Crippen LogP contribution in [-0.4, -0.2) is 25.0 Å². The molecule has 1 aliphatic rings. The number of urea groups is 1. The lowest BCUT2D eigenvalue weighted by Crippen LogP contribution is -2.54. The number of anilines is 1. The van der Waals surface area contributed by atoms with Gasteiger partial charge in [0, 0.05) is 14.8 Å². The third-order valence-electron chi connectivity index (χ3n) is 4.67. The van der Waals surface area contributed by atoms with Gasteiger partial charge in [0.15, 0.2) is 0 Å². The van der Waals surface area contributed by atoms with Gasteiger partial charge in [-0.15, -0.1) is 0 Å². The molecular formula is C24H17ClN2O4S. The maximum atomic E-state index is 13.0. The summed E-state index contributed by atoms with van der Waals surface area (Å²) in [5.74, 6) is -0.838. The molecule has 0 atom stereocenters. The quantitative estimate of drug-likeness (QED) is 0.416. The predicted octanol–water partition coefficient (Wildman–Crippen LogP) is 5.17. The van der Waals surface area contributed by atoms with Gasteiger partial charge >= 0.3 is 6.03 Å². The SMILES string of the molecule is COc1ccc(N2C(=O)NC(=O)/C(=C/c3ccc(Sc4ccc(Cl)cc4)cc3)C2=O)cc1. The van der Waals surface area contributed by atoms with Gasteiger partial charge in [0.05, 0.1) is 12.8 Å². The molecule has 1 heterocycles. The van der Waals surface area contributed by atoms with Gasteiger partial charge in [-0.25, -0.2) is 9.69 Å². The molecule has 0 aromatic heterocycles. The van der Waals surface area contributed by atoms with Crippen LogP contribution in [0, 0.1) is 0 Å². The topological polar surface area (TPSA) is 75.7 Å². The number of hydrogen-bond acceptors (Lipinski definition) is 5. The van der Waals surface area contributed by atoms with Crippen molar-refractivity contribution in [1.29, 1.82) is 0 Å². The van der Waals surface area contributed by atoms with Crippen molar-refractivity contribution < 1.29 is 19.1 Å². The lowest BCUT2D eigenvalue weighted by molar-refractivity contribution is -0.122. The fraction of sp³-hybridized carbons (Fsp3) is 0.0417. The average molecular weight is 465 g/mol. The second-order valence-electron chi connectivity index (χ2n) is 6.78. The molecule has 1 aliphatic heterocycles. The Kier molecular flexibility index (Phi) is 6.30. The maximum absolute atomic E-state index is 13.0. The summed E-state index contributed by atoms with van der Waals surface area (Å²) >= 11 is 7.48. The van der Waals surface area contributed by atoms with E-state index in [9.17, 15) is 14.4 Å². The van der Waals surface area contributed by atoms with Crippen molar-refractivity contribution in [2.24, 2.45) is 0 Å². The van der Waals surface area contributed by atoms with Crippen LogP contribution in [0.4, 0.5) is 10.5 Å². The lowest BCUT2D eigenvalue weighted by Gasteiger charge is -2.26. The number of rotatable bonds is 5. The summed E-state index contributed by atoms with van der Waals surface area (Å²) in [7, 11) is 1.52. The van der Waals surface area contributed by atoms with E-state index in [1.165, 1.54) is 13.2 Å². The first kappa shape index (κ1) is 21.7. The number of hydrogen-bond donors (Lipinski definition) is 1. The molecule has 6 nitrogen and oxygen atoms in total. The highest BCUT2D eigenvalue weighted by molar-refractivity contribution is 7.99. The van der Waals surface area contributed by atoms with E-state index < -0.39 is 17.8 Å². The molecule has 4 rings (SSSR count).